The van der Waals surface area contributed by atoms with Crippen LogP contribution in [0.2, 0.25) is 5.02 Å². The maximum Gasteiger partial charge on any atom is 0.0600 e. The molecule has 1 aliphatic heterocycles. The van der Waals surface area contributed by atoms with Crippen LogP contribution in [0, 0.1) is 5.41 Å². The van der Waals surface area contributed by atoms with E-state index in [4.69, 9.17) is 11.6 Å². The second kappa shape index (κ2) is 3.60. The van der Waals surface area contributed by atoms with Gasteiger partial charge in [0.15, 0.2) is 0 Å². The minimum Gasteiger partial charge on any atom is -0.383 e. The highest BCUT2D eigenvalue weighted by Crippen LogP contribution is 2.34. The lowest BCUT2D eigenvalue weighted by Crippen LogP contribution is -2.33. The van der Waals surface area contributed by atoms with Crippen molar-refractivity contribution in [1.29, 1.82) is 0 Å². The standard InChI is InChI=1S/C12H17ClN2/c1-12(2)7-14-10-6-9(13)4-5-11(10)15(3)8-12/h4-6,14H,7-8H2,1-3H3. The van der Waals surface area contributed by atoms with Gasteiger partial charge in [-0.15, -0.1) is 0 Å². The van der Waals surface area contributed by atoms with E-state index in [9.17, 15) is 0 Å². The van der Waals surface area contributed by atoms with Crippen LogP contribution in [0.5, 0.6) is 0 Å². The summed E-state index contributed by atoms with van der Waals surface area (Å²) in [5.74, 6) is 0. The molecule has 0 aromatic heterocycles. The molecule has 0 aliphatic carbocycles. The quantitative estimate of drug-likeness (QED) is 0.728. The molecule has 1 heterocycles. The lowest BCUT2D eigenvalue weighted by atomic mass is 9.93. The average Bonchev–Trinajstić information content (AvgIpc) is 2.23. The molecule has 1 aromatic carbocycles. The second-order valence-electron chi connectivity index (χ2n) is 5.04. The van der Waals surface area contributed by atoms with Crippen molar-refractivity contribution >= 4 is 23.0 Å². The molecule has 1 aliphatic rings. The molecule has 0 saturated heterocycles. The van der Waals surface area contributed by atoms with Crippen molar-refractivity contribution in [3.05, 3.63) is 23.2 Å². The Morgan fingerprint density at radius 3 is 2.87 bits per heavy atom. The van der Waals surface area contributed by atoms with E-state index in [1.165, 1.54) is 5.69 Å². The van der Waals surface area contributed by atoms with Gasteiger partial charge in [0.2, 0.25) is 0 Å². The zero-order valence-corrected chi connectivity index (χ0v) is 10.2. The van der Waals surface area contributed by atoms with Crippen LogP contribution >= 0.6 is 11.6 Å². The summed E-state index contributed by atoms with van der Waals surface area (Å²) in [6.07, 6.45) is 0. The van der Waals surface area contributed by atoms with E-state index in [0.717, 1.165) is 23.8 Å². The first kappa shape index (κ1) is 10.6. The van der Waals surface area contributed by atoms with Gasteiger partial charge in [-0.1, -0.05) is 25.4 Å². The summed E-state index contributed by atoms with van der Waals surface area (Å²) in [6, 6.07) is 6.01. The van der Waals surface area contributed by atoms with E-state index in [-0.39, 0.29) is 5.41 Å². The zero-order chi connectivity index (χ0) is 11.1. The van der Waals surface area contributed by atoms with Gasteiger partial charge >= 0.3 is 0 Å². The van der Waals surface area contributed by atoms with E-state index in [1.807, 2.05) is 12.1 Å². The molecule has 0 spiro atoms. The van der Waals surface area contributed by atoms with Gasteiger partial charge in [0.25, 0.3) is 0 Å². The molecular weight excluding hydrogens is 208 g/mol. The first-order valence-corrected chi connectivity index (χ1v) is 5.60. The molecule has 2 nitrogen and oxygen atoms in total. The first-order valence-electron chi connectivity index (χ1n) is 5.22. The first-order chi connectivity index (χ1) is 6.98. The van der Waals surface area contributed by atoms with E-state index < -0.39 is 0 Å². The minimum absolute atomic E-state index is 0.278. The topological polar surface area (TPSA) is 15.3 Å². The molecule has 2 rings (SSSR count). The number of nitrogens with one attached hydrogen (secondary N) is 1. The Hall–Kier alpha value is -0.890. The molecule has 1 N–H and O–H groups in total. The average molecular weight is 225 g/mol. The Morgan fingerprint density at radius 2 is 2.13 bits per heavy atom. The van der Waals surface area contributed by atoms with E-state index in [1.54, 1.807) is 0 Å². The third-order valence-electron chi connectivity index (χ3n) is 2.79. The van der Waals surface area contributed by atoms with Gasteiger partial charge in [0.05, 0.1) is 11.4 Å². The van der Waals surface area contributed by atoms with Crippen LogP contribution in [-0.2, 0) is 0 Å². The number of nitrogens with zero attached hydrogens (tertiary/aromatic N) is 1. The predicted molar refractivity (Wildman–Crippen MR) is 67.0 cm³/mol. The van der Waals surface area contributed by atoms with Gasteiger partial charge < -0.3 is 10.2 Å². The fourth-order valence-electron chi connectivity index (χ4n) is 2.10. The summed E-state index contributed by atoms with van der Waals surface area (Å²) in [6.45, 7) is 6.56. The summed E-state index contributed by atoms with van der Waals surface area (Å²) in [7, 11) is 2.13. The van der Waals surface area contributed by atoms with E-state index in [0.29, 0.717) is 0 Å². The zero-order valence-electron chi connectivity index (χ0n) is 9.47. The van der Waals surface area contributed by atoms with Crippen molar-refractivity contribution in [3.63, 3.8) is 0 Å². The fourth-order valence-corrected chi connectivity index (χ4v) is 2.27. The largest absolute Gasteiger partial charge is 0.383 e. The Bertz CT molecular complexity index is 374. The Labute approximate surface area is 96.2 Å². The van der Waals surface area contributed by atoms with Gasteiger partial charge in [-0.25, -0.2) is 0 Å². The maximum atomic E-state index is 5.99. The number of fused-ring (bicyclic) bond motifs is 1. The normalized spacial score (nSPS) is 19.1. The van der Waals surface area contributed by atoms with Gasteiger partial charge in [-0.3, -0.25) is 0 Å². The summed E-state index contributed by atoms with van der Waals surface area (Å²) in [4.78, 5) is 2.28. The van der Waals surface area contributed by atoms with Crippen molar-refractivity contribution in [2.24, 2.45) is 5.41 Å². The minimum atomic E-state index is 0.278. The molecule has 0 bridgehead atoms. The molecule has 0 saturated carbocycles. The Kier molecular flexibility index (Phi) is 2.55. The Balaban J connectivity index is 2.39. The van der Waals surface area contributed by atoms with E-state index in [2.05, 4.69) is 37.2 Å². The number of benzene rings is 1. The van der Waals surface area contributed by atoms with Gasteiger partial charge in [0, 0.05) is 25.2 Å². The summed E-state index contributed by atoms with van der Waals surface area (Å²) in [5.41, 5.74) is 2.64. The van der Waals surface area contributed by atoms with Crippen molar-refractivity contribution in [1.82, 2.24) is 0 Å². The van der Waals surface area contributed by atoms with Crippen LogP contribution in [-0.4, -0.2) is 20.1 Å². The number of hydrogen-bond acceptors (Lipinski definition) is 2. The summed E-state index contributed by atoms with van der Waals surface area (Å²) < 4.78 is 0. The summed E-state index contributed by atoms with van der Waals surface area (Å²) >= 11 is 5.99. The molecule has 82 valence electrons. The number of rotatable bonds is 0. The lowest BCUT2D eigenvalue weighted by Gasteiger charge is -2.27. The number of halogens is 1. The van der Waals surface area contributed by atoms with Crippen LogP contribution < -0.4 is 10.2 Å². The van der Waals surface area contributed by atoms with Crippen LogP contribution in [0.4, 0.5) is 11.4 Å². The Morgan fingerprint density at radius 1 is 1.40 bits per heavy atom. The molecule has 1 aromatic rings. The van der Waals surface area contributed by atoms with Gasteiger partial charge in [0.1, 0.15) is 0 Å². The third kappa shape index (κ3) is 2.20. The molecule has 3 heteroatoms. The summed E-state index contributed by atoms with van der Waals surface area (Å²) in [5, 5.41) is 4.25. The second-order valence-corrected chi connectivity index (χ2v) is 5.47. The fraction of sp³-hybridized carbons (Fsp3) is 0.500. The molecule has 0 radical (unpaired) electrons. The van der Waals surface area contributed by atoms with Crippen molar-refractivity contribution in [3.8, 4) is 0 Å². The molecular formula is C12H17ClN2. The van der Waals surface area contributed by atoms with Crippen molar-refractivity contribution in [2.75, 3.05) is 30.4 Å². The van der Waals surface area contributed by atoms with Crippen LogP contribution in [0.25, 0.3) is 0 Å². The van der Waals surface area contributed by atoms with Gasteiger partial charge in [-0.2, -0.15) is 0 Å². The predicted octanol–water partition coefficient (Wildman–Crippen LogP) is 3.23. The van der Waals surface area contributed by atoms with Crippen LogP contribution in [0.15, 0.2) is 18.2 Å². The molecule has 0 unspecified atom stereocenters. The lowest BCUT2D eigenvalue weighted by molar-refractivity contribution is 0.403. The molecule has 0 amide bonds. The van der Waals surface area contributed by atoms with Crippen LogP contribution in [0.3, 0.4) is 0 Å². The number of hydrogen-bond donors (Lipinski definition) is 1. The third-order valence-corrected chi connectivity index (χ3v) is 3.03. The molecule has 0 fully saturated rings. The van der Waals surface area contributed by atoms with Crippen LogP contribution in [0.1, 0.15) is 13.8 Å². The smallest absolute Gasteiger partial charge is 0.0600 e. The molecule has 0 atom stereocenters. The van der Waals surface area contributed by atoms with Crippen molar-refractivity contribution in [2.45, 2.75) is 13.8 Å². The highest BCUT2D eigenvalue weighted by atomic mass is 35.5. The maximum absolute atomic E-state index is 5.99. The van der Waals surface area contributed by atoms with Crippen molar-refractivity contribution < 1.29 is 0 Å². The van der Waals surface area contributed by atoms with Gasteiger partial charge in [-0.05, 0) is 23.6 Å². The SMILES string of the molecule is CN1CC(C)(C)CNc2cc(Cl)ccc21. The number of anilines is 2. The molecule has 15 heavy (non-hydrogen) atoms. The highest BCUT2D eigenvalue weighted by molar-refractivity contribution is 6.31. The monoisotopic (exact) mass is 224 g/mol. The van der Waals surface area contributed by atoms with E-state index >= 15 is 0 Å². The highest BCUT2D eigenvalue weighted by Gasteiger charge is 2.25.